The van der Waals surface area contributed by atoms with Crippen molar-refractivity contribution in [1.29, 1.82) is 0 Å². The smallest absolute Gasteiger partial charge is 0.222 e. The first-order valence-electron chi connectivity index (χ1n) is 7.46. The van der Waals surface area contributed by atoms with Crippen LogP contribution in [0.15, 0.2) is 0 Å². The lowest BCUT2D eigenvalue weighted by Gasteiger charge is -2.22. The van der Waals surface area contributed by atoms with E-state index >= 15 is 0 Å². The summed E-state index contributed by atoms with van der Waals surface area (Å²) in [5, 5.41) is 13.2. The SMILES string of the molecule is CN(C)CC1OC2CC(CC(=O)NC3CC3)OC2C1O. The highest BCUT2D eigenvalue weighted by atomic mass is 16.6. The van der Waals surface area contributed by atoms with Gasteiger partial charge in [0.2, 0.25) is 5.91 Å². The number of hydrogen-bond donors (Lipinski definition) is 2. The number of hydrogen-bond acceptors (Lipinski definition) is 5. The van der Waals surface area contributed by atoms with E-state index in [9.17, 15) is 9.90 Å². The Morgan fingerprint density at radius 3 is 2.70 bits per heavy atom. The zero-order valence-electron chi connectivity index (χ0n) is 12.1. The number of ether oxygens (including phenoxy) is 2. The Morgan fingerprint density at radius 2 is 2.10 bits per heavy atom. The maximum absolute atomic E-state index is 11.8. The number of carbonyl (C=O) groups is 1. The fraction of sp³-hybridized carbons (Fsp3) is 0.929. The Kier molecular flexibility index (Phi) is 3.99. The third-order valence-corrected chi connectivity index (χ3v) is 4.18. The van der Waals surface area contributed by atoms with Gasteiger partial charge >= 0.3 is 0 Å². The van der Waals surface area contributed by atoms with Crippen LogP contribution >= 0.6 is 0 Å². The van der Waals surface area contributed by atoms with Crippen LogP contribution in [0, 0.1) is 0 Å². The molecule has 0 aromatic carbocycles. The van der Waals surface area contributed by atoms with Gasteiger partial charge in [-0.05, 0) is 26.9 Å². The van der Waals surface area contributed by atoms with Crippen LogP contribution in [-0.2, 0) is 14.3 Å². The number of rotatable bonds is 5. The van der Waals surface area contributed by atoms with E-state index in [2.05, 4.69) is 5.32 Å². The van der Waals surface area contributed by atoms with Crippen molar-refractivity contribution >= 4 is 5.91 Å². The molecule has 5 atom stereocenters. The molecule has 0 radical (unpaired) electrons. The Bertz CT molecular complexity index is 372. The van der Waals surface area contributed by atoms with Gasteiger partial charge in [-0.25, -0.2) is 0 Å². The summed E-state index contributed by atoms with van der Waals surface area (Å²) in [6.07, 6.45) is 1.99. The molecule has 3 fully saturated rings. The van der Waals surface area contributed by atoms with Crippen LogP contribution in [0.1, 0.15) is 25.7 Å². The molecule has 2 aliphatic heterocycles. The molecule has 0 spiro atoms. The molecular formula is C14H24N2O4. The molecule has 6 heteroatoms. The molecule has 0 aromatic rings. The molecule has 6 nitrogen and oxygen atoms in total. The number of aliphatic hydroxyl groups is 1. The third kappa shape index (κ3) is 3.14. The van der Waals surface area contributed by atoms with Gasteiger partial charge in [0.15, 0.2) is 0 Å². The number of carbonyl (C=O) groups excluding carboxylic acids is 1. The topological polar surface area (TPSA) is 71.0 Å². The summed E-state index contributed by atoms with van der Waals surface area (Å²) in [4.78, 5) is 13.8. The summed E-state index contributed by atoms with van der Waals surface area (Å²) in [6.45, 7) is 0.685. The van der Waals surface area contributed by atoms with Crippen LogP contribution in [0.3, 0.4) is 0 Å². The third-order valence-electron chi connectivity index (χ3n) is 4.18. The second-order valence-corrected chi connectivity index (χ2v) is 6.47. The van der Waals surface area contributed by atoms with Gasteiger partial charge in [-0.3, -0.25) is 4.79 Å². The first-order valence-corrected chi connectivity index (χ1v) is 7.46. The number of likely N-dealkylation sites (N-methyl/N-ethyl adjacent to an activating group) is 1. The van der Waals surface area contributed by atoms with E-state index in [4.69, 9.17) is 9.47 Å². The van der Waals surface area contributed by atoms with Crippen LogP contribution < -0.4 is 5.32 Å². The highest BCUT2D eigenvalue weighted by Gasteiger charge is 2.50. The summed E-state index contributed by atoms with van der Waals surface area (Å²) in [5.41, 5.74) is 0. The molecule has 0 aromatic heterocycles. The lowest BCUT2D eigenvalue weighted by molar-refractivity contribution is -0.124. The molecule has 2 saturated heterocycles. The van der Waals surface area contributed by atoms with Gasteiger partial charge in [-0.2, -0.15) is 0 Å². The first-order chi connectivity index (χ1) is 9.52. The maximum atomic E-state index is 11.8. The van der Waals surface area contributed by atoms with Crippen molar-refractivity contribution in [3.8, 4) is 0 Å². The highest BCUT2D eigenvalue weighted by Crippen LogP contribution is 2.35. The summed E-state index contributed by atoms with van der Waals surface area (Å²) < 4.78 is 11.7. The van der Waals surface area contributed by atoms with Gasteiger partial charge in [0, 0.05) is 19.0 Å². The van der Waals surface area contributed by atoms with Crippen molar-refractivity contribution in [3.05, 3.63) is 0 Å². The summed E-state index contributed by atoms with van der Waals surface area (Å²) in [7, 11) is 3.91. The van der Waals surface area contributed by atoms with Crippen LogP contribution in [-0.4, -0.2) is 73.1 Å². The molecule has 5 unspecified atom stereocenters. The Labute approximate surface area is 119 Å². The Morgan fingerprint density at radius 1 is 1.35 bits per heavy atom. The van der Waals surface area contributed by atoms with E-state index in [-0.39, 0.29) is 30.3 Å². The minimum absolute atomic E-state index is 0.0526. The molecule has 2 heterocycles. The van der Waals surface area contributed by atoms with Crippen LogP contribution in [0.4, 0.5) is 0 Å². The summed E-state index contributed by atoms with van der Waals surface area (Å²) in [6, 6.07) is 0.384. The van der Waals surface area contributed by atoms with E-state index in [0.29, 0.717) is 25.4 Å². The normalized spacial score (nSPS) is 40.1. The van der Waals surface area contributed by atoms with Gasteiger partial charge in [0.25, 0.3) is 0 Å². The molecule has 20 heavy (non-hydrogen) atoms. The van der Waals surface area contributed by atoms with Crippen molar-refractivity contribution in [2.24, 2.45) is 0 Å². The molecular weight excluding hydrogens is 260 g/mol. The predicted molar refractivity (Wildman–Crippen MR) is 72.3 cm³/mol. The number of fused-ring (bicyclic) bond motifs is 1. The standard InChI is InChI=1S/C14H24N2O4/c1-16(2)7-11-13(18)14-10(20-11)5-9(19-14)6-12(17)15-8-3-4-8/h8-11,13-14,18H,3-7H2,1-2H3,(H,15,17). The minimum Gasteiger partial charge on any atom is -0.388 e. The van der Waals surface area contributed by atoms with Gasteiger partial charge < -0.3 is 24.8 Å². The predicted octanol–water partition coefficient (Wildman–Crippen LogP) is -0.497. The van der Waals surface area contributed by atoms with E-state index in [1.807, 2.05) is 19.0 Å². The van der Waals surface area contributed by atoms with Crippen LogP contribution in [0.5, 0.6) is 0 Å². The molecule has 0 bridgehead atoms. The zero-order valence-corrected chi connectivity index (χ0v) is 12.1. The first kappa shape index (κ1) is 14.3. The average Bonchev–Trinajstić information content (AvgIpc) is 3.00. The molecule has 1 amide bonds. The quantitative estimate of drug-likeness (QED) is 0.712. The highest BCUT2D eigenvalue weighted by molar-refractivity contribution is 5.77. The second-order valence-electron chi connectivity index (χ2n) is 6.47. The van der Waals surface area contributed by atoms with Crippen molar-refractivity contribution in [2.45, 2.75) is 62.2 Å². The van der Waals surface area contributed by atoms with Gasteiger partial charge in [-0.1, -0.05) is 0 Å². The average molecular weight is 284 g/mol. The number of nitrogens with one attached hydrogen (secondary N) is 1. The lowest BCUT2D eigenvalue weighted by Crippen LogP contribution is -2.38. The number of aliphatic hydroxyl groups excluding tert-OH is 1. The lowest BCUT2D eigenvalue weighted by atomic mass is 10.1. The number of nitrogens with zero attached hydrogens (tertiary/aromatic N) is 1. The van der Waals surface area contributed by atoms with E-state index in [1.165, 1.54) is 0 Å². The van der Waals surface area contributed by atoms with E-state index in [1.54, 1.807) is 0 Å². The van der Waals surface area contributed by atoms with Gasteiger partial charge in [0.1, 0.15) is 12.2 Å². The van der Waals surface area contributed by atoms with Crippen molar-refractivity contribution in [3.63, 3.8) is 0 Å². The molecule has 114 valence electrons. The van der Waals surface area contributed by atoms with Crippen molar-refractivity contribution in [2.75, 3.05) is 20.6 Å². The summed E-state index contributed by atoms with van der Waals surface area (Å²) >= 11 is 0. The monoisotopic (exact) mass is 284 g/mol. The largest absolute Gasteiger partial charge is 0.388 e. The van der Waals surface area contributed by atoms with Crippen LogP contribution in [0.25, 0.3) is 0 Å². The van der Waals surface area contributed by atoms with E-state index < -0.39 is 6.10 Å². The van der Waals surface area contributed by atoms with Gasteiger partial charge in [0.05, 0.1) is 24.7 Å². The minimum atomic E-state index is -0.598. The number of amides is 1. The maximum Gasteiger partial charge on any atom is 0.222 e. The molecule has 3 rings (SSSR count). The fourth-order valence-electron chi connectivity index (χ4n) is 3.07. The molecule has 2 N–H and O–H groups in total. The second kappa shape index (κ2) is 5.60. The van der Waals surface area contributed by atoms with E-state index in [0.717, 1.165) is 12.8 Å². The Balaban J connectivity index is 1.47. The Hall–Kier alpha value is -0.690. The molecule has 1 saturated carbocycles. The fourth-order valence-corrected chi connectivity index (χ4v) is 3.07. The zero-order chi connectivity index (χ0) is 14.3. The van der Waals surface area contributed by atoms with Crippen LogP contribution in [0.2, 0.25) is 0 Å². The van der Waals surface area contributed by atoms with Crippen molar-refractivity contribution < 1.29 is 19.4 Å². The summed E-state index contributed by atoms with van der Waals surface area (Å²) in [5.74, 6) is 0.0526. The van der Waals surface area contributed by atoms with Crippen molar-refractivity contribution in [1.82, 2.24) is 10.2 Å². The molecule has 1 aliphatic carbocycles. The van der Waals surface area contributed by atoms with Gasteiger partial charge in [-0.15, -0.1) is 0 Å². The molecule has 3 aliphatic rings.